The molecule has 0 unspecified atom stereocenters. The summed E-state index contributed by atoms with van der Waals surface area (Å²) in [4.78, 5) is 6.05. The van der Waals surface area contributed by atoms with Crippen molar-refractivity contribution in [3.8, 4) is 5.75 Å². The van der Waals surface area contributed by atoms with Gasteiger partial charge in [-0.25, -0.2) is 4.98 Å². The van der Waals surface area contributed by atoms with Gasteiger partial charge >= 0.3 is 6.18 Å². The van der Waals surface area contributed by atoms with Crippen molar-refractivity contribution in [2.24, 2.45) is 0 Å². The van der Waals surface area contributed by atoms with Gasteiger partial charge in [0, 0.05) is 24.5 Å². The number of halogens is 3. The summed E-state index contributed by atoms with van der Waals surface area (Å²) < 4.78 is 46.7. The van der Waals surface area contributed by atoms with Crippen LogP contribution in [0.4, 0.5) is 36.1 Å². The zero-order valence-electron chi connectivity index (χ0n) is 19.8. The molecule has 0 saturated carbocycles. The fourth-order valence-electron chi connectivity index (χ4n) is 3.56. The van der Waals surface area contributed by atoms with Crippen molar-refractivity contribution >= 4 is 22.9 Å². The SMILES string of the molecule is CNCCc1ccccc1Nc1cc(Nc2ccc(CN(C)C)cc2OC)ncc1C(F)(F)F. The lowest BCUT2D eigenvalue weighted by atomic mass is 10.1. The Kier molecular flexibility index (Phi) is 8.36. The quantitative estimate of drug-likeness (QED) is 0.366. The van der Waals surface area contributed by atoms with Gasteiger partial charge in [-0.3, -0.25) is 0 Å². The molecular formula is C25H30F3N5O. The van der Waals surface area contributed by atoms with Crippen molar-refractivity contribution in [2.75, 3.05) is 45.4 Å². The van der Waals surface area contributed by atoms with Crippen molar-refractivity contribution < 1.29 is 17.9 Å². The molecule has 3 rings (SSSR count). The summed E-state index contributed by atoms with van der Waals surface area (Å²) >= 11 is 0. The second-order valence-electron chi connectivity index (χ2n) is 8.15. The lowest BCUT2D eigenvalue weighted by Crippen LogP contribution is -2.13. The van der Waals surface area contributed by atoms with E-state index in [2.05, 4.69) is 20.9 Å². The van der Waals surface area contributed by atoms with Crippen LogP contribution in [-0.2, 0) is 19.1 Å². The van der Waals surface area contributed by atoms with Crippen molar-refractivity contribution in [2.45, 2.75) is 19.1 Å². The molecule has 34 heavy (non-hydrogen) atoms. The number of benzene rings is 2. The molecule has 9 heteroatoms. The minimum atomic E-state index is -4.56. The molecule has 0 radical (unpaired) electrons. The van der Waals surface area contributed by atoms with Crippen LogP contribution < -0.4 is 20.7 Å². The second kappa shape index (κ2) is 11.2. The predicted molar refractivity (Wildman–Crippen MR) is 130 cm³/mol. The number of ether oxygens (including phenoxy) is 1. The molecule has 1 heterocycles. The molecule has 1 aromatic heterocycles. The van der Waals surface area contributed by atoms with E-state index >= 15 is 0 Å². The highest BCUT2D eigenvalue weighted by atomic mass is 19.4. The molecule has 0 fully saturated rings. The number of aromatic nitrogens is 1. The first kappa shape index (κ1) is 25.3. The van der Waals surface area contributed by atoms with E-state index in [0.717, 1.165) is 23.9 Å². The van der Waals surface area contributed by atoms with Crippen molar-refractivity contribution in [1.29, 1.82) is 0 Å². The van der Waals surface area contributed by atoms with E-state index in [1.807, 2.05) is 56.4 Å². The van der Waals surface area contributed by atoms with Gasteiger partial charge in [-0.1, -0.05) is 24.3 Å². The van der Waals surface area contributed by atoms with Crippen molar-refractivity contribution in [3.05, 3.63) is 71.4 Å². The largest absolute Gasteiger partial charge is 0.495 e. The van der Waals surface area contributed by atoms with Crippen LogP contribution in [-0.4, -0.2) is 44.7 Å². The highest BCUT2D eigenvalue weighted by molar-refractivity contribution is 5.72. The van der Waals surface area contributed by atoms with Gasteiger partial charge in [0.2, 0.25) is 0 Å². The summed E-state index contributed by atoms with van der Waals surface area (Å²) in [6, 6.07) is 14.3. The van der Waals surface area contributed by atoms with Crippen LogP contribution in [0.5, 0.6) is 5.75 Å². The fraction of sp³-hybridized carbons (Fsp3) is 0.320. The molecule has 2 aromatic carbocycles. The Labute approximate surface area is 198 Å². The highest BCUT2D eigenvalue weighted by Crippen LogP contribution is 2.38. The Balaban J connectivity index is 1.94. The number of nitrogens with zero attached hydrogens (tertiary/aromatic N) is 2. The number of hydrogen-bond acceptors (Lipinski definition) is 6. The zero-order chi connectivity index (χ0) is 24.7. The first-order valence-corrected chi connectivity index (χ1v) is 10.9. The fourth-order valence-corrected chi connectivity index (χ4v) is 3.56. The van der Waals surface area contributed by atoms with Crippen molar-refractivity contribution in [3.63, 3.8) is 0 Å². The lowest BCUT2D eigenvalue weighted by Gasteiger charge is -2.19. The molecule has 3 aromatic rings. The van der Waals surface area contributed by atoms with Crippen LogP contribution in [0.3, 0.4) is 0 Å². The number of hydrogen-bond donors (Lipinski definition) is 3. The Morgan fingerprint density at radius 2 is 1.74 bits per heavy atom. The number of para-hydroxylation sites is 1. The first-order chi connectivity index (χ1) is 16.2. The minimum absolute atomic E-state index is 0.0786. The number of nitrogens with one attached hydrogen (secondary N) is 3. The molecule has 0 amide bonds. The van der Waals surface area contributed by atoms with Crippen LogP contribution in [0.25, 0.3) is 0 Å². The van der Waals surface area contributed by atoms with Crippen molar-refractivity contribution in [1.82, 2.24) is 15.2 Å². The van der Waals surface area contributed by atoms with Gasteiger partial charge in [0.25, 0.3) is 0 Å². The van der Waals surface area contributed by atoms with E-state index in [9.17, 15) is 13.2 Å². The van der Waals surface area contributed by atoms with Crippen LogP contribution in [0.15, 0.2) is 54.7 Å². The number of likely N-dealkylation sites (N-methyl/N-ethyl adjacent to an activating group) is 1. The highest BCUT2D eigenvalue weighted by Gasteiger charge is 2.34. The smallest absolute Gasteiger partial charge is 0.419 e. The molecule has 3 N–H and O–H groups in total. The topological polar surface area (TPSA) is 61.5 Å². The molecule has 0 aliphatic rings. The average molecular weight is 474 g/mol. The van der Waals surface area contributed by atoms with E-state index in [-0.39, 0.29) is 11.5 Å². The number of pyridine rings is 1. The molecule has 6 nitrogen and oxygen atoms in total. The third-order valence-electron chi connectivity index (χ3n) is 5.17. The van der Waals surface area contributed by atoms with Gasteiger partial charge < -0.3 is 25.6 Å². The molecular weight excluding hydrogens is 443 g/mol. The second-order valence-corrected chi connectivity index (χ2v) is 8.15. The van der Waals surface area contributed by atoms with Crippen LogP contribution in [0.2, 0.25) is 0 Å². The van der Waals surface area contributed by atoms with Crippen LogP contribution in [0.1, 0.15) is 16.7 Å². The third-order valence-corrected chi connectivity index (χ3v) is 5.17. The Bertz CT molecular complexity index is 1100. The molecule has 0 aliphatic carbocycles. The van der Waals surface area contributed by atoms with Gasteiger partial charge in [0.1, 0.15) is 11.6 Å². The number of alkyl halides is 3. The molecule has 0 bridgehead atoms. The predicted octanol–water partition coefficient (Wildman–Crippen LogP) is 5.42. The van der Waals surface area contributed by atoms with Gasteiger partial charge in [-0.15, -0.1) is 0 Å². The summed E-state index contributed by atoms with van der Waals surface area (Å²) in [5.74, 6) is 0.842. The lowest BCUT2D eigenvalue weighted by molar-refractivity contribution is -0.137. The number of methoxy groups -OCH3 is 1. The normalized spacial score (nSPS) is 11.5. The van der Waals surface area contributed by atoms with Gasteiger partial charge in [-0.2, -0.15) is 13.2 Å². The van der Waals surface area contributed by atoms with E-state index in [1.54, 1.807) is 19.2 Å². The maximum Gasteiger partial charge on any atom is 0.419 e. The maximum atomic E-state index is 13.7. The third kappa shape index (κ3) is 6.61. The first-order valence-electron chi connectivity index (χ1n) is 10.9. The zero-order valence-corrected chi connectivity index (χ0v) is 19.8. The summed E-state index contributed by atoms with van der Waals surface area (Å²) in [7, 11) is 7.32. The Morgan fingerprint density at radius 3 is 2.41 bits per heavy atom. The minimum Gasteiger partial charge on any atom is -0.495 e. The Morgan fingerprint density at radius 1 is 0.971 bits per heavy atom. The molecule has 0 saturated heterocycles. The van der Waals surface area contributed by atoms with E-state index in [4.69, 9.17) is 4.74 Å². The van der Waals surface area contributed by atoms with Gasteiger partial charge in [0.15, 0.2) is 0 Å². The van der Waals surface area contributed by atoms with E-state index < -0.39 is 11.7 Å². The molecule has 182 valence electrons. The monoisotopic (exact) mass is 473 g/mol. The summed E-state index contributed by atoms with van der Waals surface area (Å²) in [6.07, 6.45) is -3.04. The molecule has 0 spiro atoms. The molecule has 0 atom stereocenters. The van der Waals surface area contributed by atoms with E-state index in [1.165, 1.54) is 6.07 Å². The number of rotatable bonds is 10. The standard InChI is InChI=1S/C25H30F3N5O/c1-29-12-11-18-7-5-6-8-20(18)31-22-14-24(30-15-19(22)25(26,27)28)32-21-10-9-17(16-33(2)3)13-23(21)34-4/h5-10,13-15,29H,11-12,16H2,1-4H3,(H2,30,31,32). The van der Waals surface area contributed by atoms with E-state index in [0.29, 0.717) is 30.1 Å². The number of anilines is 4. The van der Waals surface area contributed by atoms with Gasteiger partial charge in [-0.05, 0) is 63.4 Å². The summed E-state index contributed by atoms with van der Waals surface area (Å²) in [6.45, 7) is 1.44. The van der Waals surface area contributed by atoms with Crippen LogP contribution in [0, 0.1) is 0 Å². The summed E-state index contributed by atoms with van der Waals surface area (Å²) in [5, 5.41) is 9.13. The average Bonchev–Trinajstić information content (AvgIpc) is 2.78. The molecule has 0 aliphatic heterocycles. The maximum absolute atomic E-state index is 13.7. The van der Waals surface area contributed by atoms with Crippen LogP contribution >= 0.6 is 0 Å². The summed E-state index contributed by atoms with van der Waals surface area (Å²) in [5.41, 5.74) is 2.27. The van der Waals surface area contributed by atoms with Gasteiger partial charge in [0.05, 0.1) is 24.0 Å². The Hall–Kier alpha value is -3.30.